The molecule has 5 nitrogen and oxygen atoms in total. The minimum absolute atomic E-state index is 0.460. The zero-order valence-corrected chi connectivity index (χ0v) is 9.84. The molecule has 0 saturated heterocycles. The lowest BCUT2D eigenvalue weighted by molar-refractivity contribution is 0.416. The molecule has 0 aliphatic heterocycles. The molecule has 90 valence electrons. The Balaban J connectivity index is 2.32. The van der Waals surface area contributed by atoms with Gasteiger partial charge >= 0.3 is 0 Å². The molecule has 0 aliphatic rings. The number of hydrogen-bond donors (Lipinski definition) is 2. The van der Waals surface area contributed by atoms with Gasteiger partial charge in [-0.1, -0.05) is 18.2 Å². The van der Waals surface area contributed by atoms with E-state index in [-0.39, 0.29) is 0 Å². The summed E-state index contributed by atoms with van der Waals surface area (Å²) < 4.78 is 5.36. The Morgan fingerprint density at radius 3 is 2.83 bits per heavy atom. The van der Waals surface area contributed by atoms with E-state index < -0.39 is 0 Å². The van der Waals surface area contributed by atoms with E-state index in [0.717, 1.165) is 27.9 Å². The number of H-pyrrole nitrogens is 1. The summed E-state index contributed by atoms with van der Waals surface area (Å²) in [5.74, 6) is 1.25. The van der Waals surface area contributed by atoms with E-state index >= 15 is 0 Å². The molecular weight excluding hydrogens is 228 g/mol. The average Bonchev–Trinajstić information content (AvgIpc) is 2.84. The van der Waals surface area contributed by atoms with Crippen molar-refractivity contribution in [3.63, 3.8) is 0 Å². The molecule has 2 aromatic heterocycles. The van der Waals surface area contributed by atoms with Crippen molar-refractivity contribution in [3.8, 4) is 16.9 Å². The fourth-order valence-corrected chi connectivity index (χ4v) is 2.07. The van der Waals surface area contributed by atoms with Gasteiger partial charge in [0.05, 0.1) is 12.5 Å². The van der Waals surface area contributed by atoms with Gasteiger partial charge in [0, 0.05) is 17.3 Å². The lowest BCUT2D eigenvalue weighted by atomic mass is 10.1. The number of nitrogens with one attached hydrogen (secondary N) is 1. The first-order valence-corrected chi connectivity index (χ1v) is 5.52. The standard InChI is InChI=1S/C13H12N4O/c1-18-10-5-3-2-4-8(10)9-6-15-13-11(9)12(14)16-7-17-13/h2-7H,1H3,(H3,14,15,16,17). The van der Waals surface area contributed by atoms with E-state index in [1.54, 1.807) is 7.11 Å². The fraction of sp³-hybridized carbons (Fsp3) is 0.0769. The van der Waals surface area contributed by atoms with Crippen LogP contribution >= 0.6 is 0 Å². The van der Waals surface area contributed by atoms with E-state index in [0.29, 0.717) is 5.82 Å². The van der Waals surface area contributed by atoms with Crippen molar-refractivity contribution < 1.29 is 4.74 Å². The van der Waals surface area contributed by atoms with Gasteiger partial charge in [0.1, 0.15) is 23.5 Å². The van der Waals surface area contributed by atoms with Crippen molar-refractivity contribution in [2.75, 3.05) is 12.8 Å². The smallest absolute Gasteiger partial charge is 0.143 e. The third kappa shape index (κ3) is 1.48. The summed E-state index contributed by atoms with van der Waals surface area (Å²) in [6.07, 6.45) is 3.31. The second-order valence-electron chi connectivity index (χ2n) is 3.89. The maximum Gasteiger partial charge on any atom is 0.143 e. The van der Waals surface area contributed by atoms with Gasteiger partial charge in [0.25, 0.3) is 0 Å². The van der Waals surface area contributed by atoms with Gasteiger partial charge in [-0.3, -0.25) is 0 Å². The molecule has 5 heteroatoms. The van der Waals surface area contributed by atoms with Crippen molar-refractivity contribution >= 4 is 16.9 Å². The first-order chi connectivity index (χ1) is 8.81. The van der Waals surface area contributed by atoms with Crippen LogP contribution in [0.1, 0.15) is 0 Å². The van der Waals surface area contributed by atoms with Gasteiger partial charge in [-0.15, -0.1) is 0 Å². The Morgan fingerprint density at radius 2 is 2.00 bits per heavy atom. The Morgan fingerprint density at radius 1 is 1.17 bits per heavy atom. The largest absolute Gasteiger partial charge is 0.496 e. The molecule has 0 saturated carbocycles. The van der Waals surface area contributed by atoms with Crippen molar-refractivity contribution in [2.45, 2.75) is 0 Å². The van der Waals surface area contributed by atoms with Crippen LogP contribution in [0.3, 0.4) is 0 Å². The molecule has 18 heavy (non-hydrogen) atoms. The summed E-state index contributed by atoms with van der Waals surface area (Å²) in [5.41, 5.74) is 8.55. The molecule has 0 bridgehead atoms. The predicted molar refractivity (Wildman–Crippen MR) is 70.3 cm³/mol. The highest BCUT2D eigenvalue weighted by Crippen LogP contribution is 2.35. The zero-order chi connectivity index (χ0) is 12.5. The number of rotatable bonds is 2. The molecule has 2 heterocycles. The van der Waals surface area contributed by atoms with Crippen molar-refractivity contribution in [2.24, 2.45) is 0 Å². The molecule has 3 rings (SSSR count). The predicted octanol–water partition coefficient (Wildman–Crippen LogP) is 2.22. The lowest BCUT2D eigenvalue weighted by Crippen LogP contribution is -1.93. The van der Waals surface area contributed by atoms with E-state index in [2.05, 4.69) is 15.0 Å². The van der Waals surface area contributed by atoms with Crippen molar-refractivity contribution in [1.29, 1.82) is 0 Å². The average molecular weight is 240 g/mol. The number of hydrogen-bond acceptors (Lipinski definition) is 4. The zero-order valence-electron chi connectivity index (χ0n) is 9.84. The van der Waals surface area contributed by atoms with Crippen LogP contribution in [0.25, 0.3) is 22.2 Å². The van der Waals surface area contributed by atoms with Crippen LogP contribution in [0.4, 0.5) is 5.82 Å². The first kappa shape index (κ1) is 10.6. The number of para-hydroxylation sites is 1. The minimum atomic E-state index is 0.460. The summed E-state index contributed by atoms with van der Waals surface area (Å²) in [7, 11) is 1.65. The molecule has 3 N–H and O–H groups in total. The number of methoxy groups -OCH3 is 1. The highest BCUT2D eigenvalue weighted by molar-refractivity contribution is 6.01. The highest BCUT2D eigenvalue weighted by atomic mass is 16.5. The van der Waals surface area contributed by atoms with Crippen LogP contribution in [-0.2, 0) is 0 Å². The molecule has 0 amide bonds. The van der Waals surface area contributed by atoms with Gasteiger partial charge in [-0.2, -0.15) is 0 Å². The normalized spacial score (nSPS) is 10.7. The number of benzene rings is 1. The fourth-order valence-electron chi connectivity index (χ4n) is 2.07. The van der Waals surface area contributed by atoms with Crippen LogP contribution in [0.15, 0.2) is 36.8 Å². The second kappa shape index (κ2) is 4.03. The number of aromatic nitrogens is 3. The number of ether oxygens (including phenoxy) is 1. The molecule has 0 atom stereocenters. The van der Waals surface area contributed by atoms with Gasteiger partial charge in [0.2, 0.25) is 0 Å². The van der Waals surface area contributed by atoms with Crippen LogP contribution in [0.5, 0.6) is 5.75 Å². The number of anilines is 1. The summed E-state index contributed by atoms with van der Waals surface area (Å²) in [4.78, 5) is 11.3. The molecule has 0 fully saturated rings. The van der Waals surface area contributed by atoms with Gasteiger partial charge < -0.3 is 15.5 Å². The second-order valence-corrected chi connectivity index (χ2v) is 3.89. The SMILES string of the molecule is COc1ccccc1-c1c[nH]c2ncnc(N)c12. The van der Waals surface area contributed by atoms with Crippen LogP contribution in [0.2, 0.25) is 0 Å². The van der Waals surface area contributed by atoms with Crippen molar-refractivity contribution in [1.82, 2.24) is 15.0 Å². The molecule has 0 aliphatic carbocycles. The monoisotopic (exact) mass is 240 g/mol. The van der Waals surface area contributed by atoms with Gasteiger partial charge in [-0.25, -0.2) is 9.97 Å². The van der Waals surface area contributed by atoms with Crippen molar-refractivity contribution in [3.05, 3.63) is 36.8 Å². The Labute approximate surface area is 104 Å². The minimum Gasteiger partial charge on any atom is -0.496 e. The van der Waals surface area contributed by atoms with E-state index in [9.17, 15) is 0 Å². The van der Waals surface area contributed by atoms with E-state index in [1.165, 1.54) is 6.33 Å². The third-order valence-electron chi connectivity index (χ3n) is 2.90. The number of nitrogens with two attached hydrogens (primary N) is 1. The summed E-state index contributed by atoms with van der Waals surface area (Å²) in [6.45, 7) is 0. The first-order valence-electron chi connectivity index (χ1n) is 5.52. The van der Waals surface area contributed by atoms with E-state index in [4.69, 9.17) is 10.5 Å². The summed E-state index contributed by atoms with van der Waals surface area (Å²) in [5, 5.41) is 0.821. The number of fused-ring (bicyclic) bond motifs is 1. The summed E-state index contributed by atoms with van der Waals surface area (Å²) in [6, 6.07) is 7.77. The topological polar surface area (TPSA) is 76.8 Å². The number of nitrogen functional groups attached to an aromatic ring is 1. The molecule has 0 unspecified atom stereocenters. The van der Waals surface area contributed by atoms with Crippen LogP contribution in [0, 0.1) is 0 Å². The summed E-state index contributed by atoms with van der Waals surface area (Å²) >= 11 is 0. The molecule has 3 aromatic rings. The molecular formula is C13H12N4O. The molecule has 0 radical (unpaired) electrons. The van der Waals surface area contributed by atoms with Crippen LogP contribution in [-0.4, -0.2) is 22.1 Å². The number of aromatic amines is 1. The maximum atomic E-state index is 5.92. The third-order valence-corrected chi connectivity index (χ3v) is 2.90. The molecule has 1 aromatic carbocycles. The Hall–Kier alpha value is -2.56. The van der Waals surface area contributed by atoms with Gasteiger partial charge in [0.15, 0.2) is 0 Å². The Kier molecular flexibility index (Phi) is 2.37. The maximum absolute atomic E-state index is 5.92. The number of nitrogens with zero attached hydrogens (tertiary/aromatic N) is 2. The van der Waals surface area contributed by atoms with Gasteiger partial charge in [-0.05, 0) is 6.07 Å². The quantitative estimate of drug-likeness (QED) is 0.720. The Bertz CT molecular complexity index is 705. The highest BCUT2D eigenvalue weighted by Gasteiger charge is 2.13. The van der Waals surface area contributed by atoms with Crippen LogP contribution < -0.4 is 10.5 Å². The molecule has 0 spiro atoms. The lowest BCUT2D eigenvalue weighted by Gasteiger charge is -2.07. The van der Waals surface area contributed by atoms with E-state index in [1.807, 2.05) is 30.5 Å².